The standard InChI is InChI=1S/C10H21N3O3/c1-7(5-6-16-4)12-8(2)9(14)13-10(15)11-3/h7-8,12H,5-6H2,1-4H3,(H2,11,13,14,15). The van der Waals surface area contributed by atoms with Gasteiger partial charge in [0.1, 0.15) is 0 Å². The molecule has 0 aromatic rings. The fourth-order valence-electron chi connectivity index (χ4n) is 1.16. The molecule has 0 saturated heterocycles. The van der Waals surface area contributed by atoms with Crippen LogP contribution in [0.3, 0.4) is 0 Å². The third-order valence-corrected chi connectivity index (χ3v) is 2.15. The van der Waals surface area contributed by atoms with Gasteiger partial charge in [-0.05, 0) is 20.3 Å². The van der Waals surface area contributed by atoms with E-state index < -0.39 is 12.1 Å². The van der Waals surface area contributed by atoms with Crippen LogP contribution in [0.5, 0.6) is 0 Å². The van der Waals surface area contributed by atoms with E-state index in [4.69, 9.17) is 4.74 Å². The van der Waals surface area contributed by atoms with Crippen molar-refractivity contribution < 1.29 is 14.3 Å². The SMILES string of the molecule is CNC(=O)NC(=O)C(C)NC(C)CCOC. The van der Waals surface area contributed by atoms with Crippen LogP contribution >= 0.6 is 0 Å². The number of urea groups is 1. The minimum atomic E-state index is -0.497. The number of amides is 3. The normalized spacial score (nSPS) is 14.0. The van der Waals surface area contributed by atoms with Crippen LogP contribution in [0.4, 0.5) is 4.79 Å². The lowest BCUT2D eigenvalue weighted by Gasteiger charge is -2.18. The highest BCUT2D eigenvalue weighted by molar-refractivity contribution is 5.96. The third-order valence-electron chi connectivity index (χ3n) is 2.15. The maximum Gasteiger partial charge on any atom is 0.321 e. The summed E-state index contributed by atoms with van der Waals surface area (Å²) in [6.07, 6.45) is 0.814. The minimum Gasteiger partial charge on any atom is -0.385 e. The molecular weight excluding hydrogens is 210 g/mol. The summed E-state index contributed by atoms with van der Waals surface area (Å²) < 4.78 is 4.93. The Kier molecular flexibility index (Phi) is 7.49. The monoisotopic (exact) mass is 231 g/mol. The Morgan fingerprint density at radius 2 is 1.94 bits per heavy atom. The highest BCUT2D eigenvalue weighted by Gasteiger charge is 2.16. The highest BCUT2D eigenvalue weighted by Crippen LogP contribution is 1.94. The van der Waals surface area contributed by atoms with Crippen molar-refractivity contribution >= 4 is 11.9 Å². The molecule has 3 amide bonds. The number of hydrogen-bond donors (Lipinski definition) is 3. The van der Waals surface area contributed by atoms with Crippen LogP contribution in [0.15, 0.2) is 0 Å². The molecule has 16 heavy (non-hydrogen) atoms. The average Bonchev–Trinajstić information content (AvgIpc) is 2.25. The molecule has 0 fully saturated rings. The van der Waals surface area contributed by atoms with Gasteiger partial charge in [-0.3, -0.25) is 10.1 Å². The molecule has 2 unspecified atom stereocenters. The van der Waals surface area contributed by atoms with Crippen molar-refractivity contribution in [2.45, 2.75) is 32.4 Å². The van der Waals surface area contributed by atoms with Gasteiger partial charge in [0, 0.05) is 26.8 Å². The van der Waals surface area contributed by atoms with Crippen molar-refractivity contribution in [1.82, 2.24) is 16.0 Å². The minimum absolute atomic E-state index is 0.158. The van der Waals surface area contributed by atoms with Gasteiger partial charge >= 0.3 is 6.03 Å². The Bertz CT molecular complexity index is 233. The molecule has 0 radical (unpaired) electrons. The molecule has 0 aromatic heterocycles. The largest absolute Gasteiger partial charge is 0.385 e. The van der Waals surface area contributed by atoms with Crippen molar-refractivity contribution in [3.63, 3.8) is 0 Å². The zero-order valence-electron chi connectivity index (χ0n) is 10.3. The van der Waals surface area contributed by atoms with Crippen LogP contribution in [-0.2, 0) is 9.53 Å². The van der Waals surface area contributed by atoms with Gasteiger partial charge in [-0.2, -0.15) is 0 Å². The molecule has 94 valence electrons. The molecule has 3 N–H and O–H groups in total. The number of carbonyl (C=O) groups excluding carboxylic acids is 2. The molecule has 0 heterocycles. The lowest BCUT2D eigenvalue weighted by atomic mass is 10.2. The summed E-state index contributed by atoms with van der Waals surface area (Å²) >= 11 is 0. The first kappa shape index (κ1) is 14.9. The van der Waals surface area contributed by atoms with Crippen LogP contribution in [0.25, 0.3) is 0 Å². The van der Waals surface area contributed by atoms with E-state index in [1.54, 1.807) is 14.0 Å². The molecule has 6 nitrogen and oxygen atoms in total. The highest BCUT2D eigenvalue weighted by atomic mass is 16.5. The number of nitrogens with one attached hydrogen (secondary N) is 3. The smallest absolute Gasteiger partial charge is 0.321 e. The summed E-state index contributed by atoms with van der Waals surface area (Å²) in [6.45, 7) is 4.31. The molecule has 0 rings (SSSR count). The number of ether oxygens (including phenoxy) is 1. The van der Waals surface area contributed by atoms with Crippen LogP contribution in [0, 0.1) is 0 Å². The van der Waals surface area contributed by atoms with Crippen LogP contribution in [-0.4, -0.2) is 44.8 Å². The summed E-state index contributed by atoms with van der Waals surface area (Å²) in [4.78, 5) is 22.3. The molecule has 0 aliphatic rings. The van der Waals surface area contributed by atoms with Crippen molar-refractivity contribution in [2.24, 2.45) is 0 Å². The van der Waals surface area contributed by atoms with E-state index in [1.807, 2.05) is 6.92 Å². The van der Waals surface area contributed by atoms with E-state index in [0.717, 1.165) is 6.42 Å². The lowest BCUT2D eigenvalue weighted by molar-refractivity contribution is -0.121. The molecular formula is C10H21N3O3. The molecule has 2 atom stereocenters. The second-order valence-corrected chi connectivity index (χ2v) is 3.64. The van der Waals surface area contributed by atoms with Gasteiger partial charge in [-0.25, -0.2) is 4.79 Å². The number of methoxy groups -OCH3 is 1. The predicted octanol–water partition coefficient (Wildman–Crippen LogP) is -0.155. The molecule has 0 spiro atoms. The number of carbonyl (C=O) groups is 2. The van der Waals surface area contributed by atoms with E-state index in [1.165, 1.54) is 7.05 Å². The van der Waals surface area contributed by atoms with E-state index in [9.17, 15) is 9.59 Å². The van der Waals surface area contributed by atoms with Crippen LogP contribution in [0.2, 0.25) is 0 Å². The maximum atomic E-state index is 11.5. The van der Waals surface area contributed by atoms with Crippen LogP contribution in [0.1, 0.15) is 20.3 Å². The van der Waals surface area contributed by atoms with Gasteiger partial charge in [-0.1, -0.05) is 0 Å². The first-order valence-electron chi connectivity index (χ1n) is 5.28. The Hall–Kier alpha value is -1.14. The van der Waals surface area contributed by atoms with Crippen molar-refractivity contribution in [3.05, 3.63) is 0 Å². The number of rotatable bonds is 6. The van der Waals surface area contributed by atoms with Gasteiger partial charge in [0.2, 0.25) is 5.91 Å². The maximum absolute atomic E-state index is 11.5. The first-order valence-corrected chi connectivity index (χ1v) is 5.28. The van der Waals surface area contributed by atoms with Gasteiger partial charge in [0.05, 0.1) is 6.04 Å². The van der Waals surface area contributed by atoms with Crippen LogP contribution < -0.4 is 16.0 Å². The zero-order valence-corrected chi connectivity index (χ0v) is 10.3. The summed E-state index contributed by atoms with van der Waals surface area (Å²) in [7, 11) is 3.09. The van der Waals surface area contributed by atoms with Crippen molar-refractivity contribution in [1.29, 1.82) is 0 Å². The van der Waals surface area contributed by atoms with E-state index in [0.29, 0.717) is 6.61 Å². The third kappa shape index (κ3) is 6.36. The Labute approximate surface area is 96.1 Å². The second-order valence-electron chi connectivity index (χ2n) is 3.64. The topological polar surface area (TPSA) is 79.5 Å². The van der Waals surface area contributed by atoms with Gasteiger partial charge in [-0.15, -0.1) is 0 Å². The van der Waals surface area contributed by atoms with Gasteiger partial charge in [0.25, 0.3) is 0 Å². The molecule has 0 aliphatic carbocycles. The fourth-order valence-corrected chi connectivity index (χ4v) is 1.16. The predicted molar refractivity (Wildman–Crippen MR) is 61.2 cm³/mol. The molecule has 6 heteroatoms. The lowest BCUT2D eigenvalue weighted by Crippen LogP contribution is -2.49. The molecule has 0 saturated carbocycles. The zero-order chi connectivity index (χ0) is 12.6. The van der Waals surface area contributed by atoms with E-state index in [2.05, 4.69) is 16.0 Å². The fraction of sp³-hybridized carbons (Fsp3) is 0.800. The number of imide groups is 1. The Balaban J connectivity index is 3.90. The molecule has 0 bridgehead atoms. The summed E-state index contributed by atoms with van der Waals surface area (Å²) in [5.41, 5.74) is 0. The summed E-state index contributed by atoms with van der Waals surface area (Å²) in [5.74, 6) is -0.344. The Morgan fingerprint density at radius 1 is 1.31 bits per heavy atom. The van der Waals surface area contributed by atoms with Crippen molar-refractivity contribution in [3.8, 4) is 0 Å². The van der Waals surface area contributed by atoms with Gasteiger partial charge in [0.15, 0.2) is 0 Å². The quantitative estimate of drug-likeness (QED) is 0.593. The molecule has 0 aliphatic heterocycles. The number of hydrogen-bond acceptors (Lipinski definition) is 4. The summed E-state index contributed by atoms with van der Waals surface area (Å²) in [6, 6.07) is -0.752. The van der Waals surface area contributed by atoms with E-state index >= 15 is 0 Å². The first-order chi connectivity index (χ1) is 7.51. The van der Waals surface area contributed by atoms with Gasteiger partial charge < -0.3 is 15.4 Å². The van der Waals surface area contributed by atoms with E-state index in [-0.39, 0.29) is 11.9 Å². The average molecular weight is 231 g/mol. The molecule has 0 aromatic carbocycles. The Morgan fingerprint density at radius 3 is 2.44 bits per heavy atom. The summed E-state index contributed by atoms with van der Waals surface area (Å²) in [5, 5.41) is 7.60. The second kappa shape index (κ2) is 8.06. The van der Waals surface area contributed by atoms with Crippen molar-refractivity contribution in [2.75, 3.05) is 20.8 Å².